The summed E-state index contributed by atoms with van der Waals surface area (Å²) in [5, 5.41) is 0. The largest absolute Gasteiger partial charge is 0.369 e. The molecule has 0 rings (SSSR count). The van der Waals surface area contributed by atoms with Crippen LogP contribution in [0.2, 0.25) is 0 Å². The van der Waals surface area contributed by atoms with Crippen molar-refractivity contribution in [3.8, 4) is 0 Å². The number of rotatable bonds is 3. The van der Waals surface area contributed by atoms with Crippen molar-refractivity contribution in [1.82, 2.24) is 0 Å². The molecule has 0 saturated heterocycles. The first-order chi connectivity index (χ1) is 4.50. The smallest absolute Gasteiger partial charge is 0.226 e. The molecule has 0 saturated carbocycles. The van der Waals surface area contributed by atoms with E-state index in [-0.39, 0.29) is 5.91 Å². The molecule has 0 aliphatic rings. The van der Waals surface area contributed by atoms with Gasteiger partial charge in [0.15, 0.2) is 0 Å². The summed E-state index contributed by atoms with van der Waals surface area (Å²) < 4.78 is 0. The Hall–Kier alpha value is -1.05. The van der Waals surface area contributed by atoms with Gasteiger partial charge in [-0.3, -0.25) is 4.79 Å². The zero-order chi connectivity index (χ0) is 8.20. The number of carbonyl (C=O) groups is 1. The van der Waals surface area contributed by atoms with Gasteiger partial charge in [0.1, 0.15) is 0 Å². The van der Waals surface area contributed by atoms with Crippen molar-refractivity contribution >= 4 is 5.91 Å². The number of amides is 1. The van der Waals surface area contributed by atoms with E-state index in [1.807, 2.05) is 0 Å². The van der Waals surface area contributed by atoms with Crippen LogP contribution >= 0.6 is 0 Å². The van der Waals surface area contributed by atoms with E-state index in [1.165, 1.54) is 0 Å². The van der Waals surface area contributed by atoms with E-state index in [4.69, 9.17) is 5.73 Å². The van der Waals surface area contributed by atoms with Crippen molar-refractivity contribution in [2.24, 2.45) is 11.1 Å². The molecule has 0 aromatic rings. The normalized spacial score (nSPS) is 11.8. The summed E-state index contributed by atoms with van der Waals surface area (Å²) in [6.07, 6.45) is 5.05. The van der Waals surface area contributed by atoms with Crippen LogP contribution in [0.5, 0.6) is 0 Å². The minimum absolute atomic E-state index is 0.328. The fraction of sp³-hybridized carbons (Fsp3) is 0.375. The molecule has 2 nitrogen and oxygen atoms in total. The molecule has 0 unspecified atom stereocenters. The van der Waals surface area contributed by atoms with E-state index >= 15 is 0 Å². The van der Waals surface area contributed by atoms with Crippen molar-refractivity contribution in [2.75, 3.05) is 0 Å². The highest BCUT2D eigenvalue weighted by Gasteiger charge is 2.19. The first-order valence-corrected chi connectivity index (χ1v) is 3.11. The van der Waals surface area contributed by atoms with Crippen LogP contribution in [-0.4, -0.2) is 5.91 Å². The van der Waals surface area contributed by atoms with Crippen LogP contribution in [0.25, 0.3) is 0 Å². The SMILES string of the molecule is C=C/C=C/C(C)(C)C(N)=O. The maximum absolute atomic E-state index is 10.7. The molecule has 0 heterocycles. The zero-order valence-corrected chi connectivity index (χ0v) is 6.42. The Morgan fingerprint density at radius 2 is 2.10 bits per heavy atom. The second-order valence-electron chi connectivity index (χ2n) is 2.68. The number of hydrogen-bond donors (Lipinski definition) is 1. The van der Waals surface area contributed by atoms with Gasteiger partial charge >= 0.3 is 0 Å². The molecule has 2 heteroatoms. The average Bonchev–Trinajstić information content (AvgIpc) is 1.84. The number of nitrogens with two attached hydrogens (primary N) is 1. The Bertz CT molecular complexity index is 168. The number of primary amides is 1. The van der Waals surface area contributed by atoms with Crippen LogP contribution in [0.1, 0.15) is 13.8 Å². The molecule has 0 bridgehead atoms. The van der Waals surface area contributed by atoms with Crippen LogP contribution in [0, 0.1) is 5.41 Å². The van der Waals surface area contributed by atoms with Crippen LogP contribution < -0.4 is 5.73 Å². The number of hydrogen-bond acceptors (Lipinski definition) is 1. The third kappa shape index (κ3) is 2.49. The van der Waals surface area contributed by atoms with Crippen LogP contribution in [0.15, 0.2) is 24.8 Å². The molecule has 0 aromatic heterocycles. The zero-order valence-electron chi connectivity index (χ0n) is 6.42. The van der Waals surface area contributed by atoms with Gasteiger partial charge in [0.25, 0.3) is 0 Å². The van der Waals surface area contributed by atoms with Gasteiger partial charge in [0.05, 0.1) is 5.41 Å². The topological polar surface area (TPSA) is 43.1 Å². The Morgan fingerprint density at radius 1 is 1.60 bits per heavy atom. The minimum atomic E-state index is -0.561. The van der Waals surface area contributed by atoms with Gasteiger partial charge in [-0.15, -0.1) is 0 Å². The summed E-state index contributed by atoms with van der Waals surface area (Å²) in [7, 11) is 0. The van der Waals surface area contributed by atoms with Crippen LogP contribution in [-0.2, 0) is 4.79 Å². The molecule has 0 aliphatic carbocycles. The van der Waals surface area contributed by atoms with Gasteiger partial charge in [-0.25, -0.2) is 0 Å². The lowest BCUT2D eigenvalue weighted by Gasteiger charge is -2.13. The molecule has 10 heavy (non-hydrogen) atoms. The Balaban J connectivity index is 4.25. The molecule has 0 spiro atoms. The van der Waals surface area contributed by atoms with E-state index < -0.39 is 5.41 Å². The summed E-state index contributed by atoms with van der Waals surface area (Å²) in [6, 6.07) is 0. The van der Waals surface area contributed by atoms with Crippen molar-refractivity contribution in [2.45, 2.75) is 13.8 Å². The monoisotopic (exact) mass is 139 g/mol. The van der Waals surface area contributed by atoms with E-state index in [9.17, 15) is 4.79 Å². The fourth-order valence-corrected chi connectivity index (χ4v) is 0.391. The molecule has 2 N–H and O–H groups in total. The van der Waals surface area contributed by atoms with E-state index in [2.05, 4.69) is 6.58 Å². The summed E-state index contributed by atoms with van der Waals surface area (Å²) in [5.41, 5.74) is 4.53. The third-order valence-electron chi connectivity index (χ3n) is 1.28. The van der Waals surface area contributed by atoms with Gasteiger partial charge in [0, 0.05) is 0 Å². The Kier molecular flexibility index (Phi) is 2.87. The maximum atomic E-state index is 10.7. The second-order valence-corrected chi connectivity index (χ2v) is 2.68. The van der Waals surface area contributed by atoms with Gasteiger partial charge in [-0.05, 0) is 13.8 Å². The summed E-state index contributed by atoms with van der Waals surface area (Å²) >= 11 is 0. The first kappa shape index (κ1) is 8.95. The van der Waals surface area contributed by atoms with Crippen molar-refractivity contribution in [3.63, 3.8) is 0 Å². The highest BCUT2D eigenvalue weighted by atomic mass is 16.1. The van der Waals surface area contributed by atoms with Gasteiger partial charge in [-0.1, -0.05) is 24.8 Å². The second kappa shape index (κ2) is 3.20. The van der Waals surface area contributed by atoms with Crippen LogP contribution in [0.3, 0.4) is 0 Å². The Morgan fingerprint density at radius 3 is 2.40 bits per heavy atom. The fourth-order valence-electron chi connectivity index (χ4n) is 0.391. The predicted molar refractivity (Wildman–Crippen MR) is 42.3 cm³/mol. The van der Waals surface area contributed by atoms with E-state index in [1.54, 1.807) is 32.1 Å². The quantitative estimate of drug-likeness (QED) is 0.587. The van der Waals surface area contributed by atoms with Gasteiger partial charge in [-0.2, -0.15) is 0 Å². The highest BCUT2D eigenvalue weighted by Crippen LogP contribution is 2.15. The molecule has 0 radical (unpaired) electrons. The van der Waals surface area contributed by atoms with E-state index in [0.717, 1.165) is 0 Å². The molecule has 0 atom stereocenters. The third-order valence-corrected chi connectivity index (χ3v) is 1.28. The lowest BCUT2D eigenvalue weighted by molar-refractivity contribution is -0.123. The van der Waals surface area contributed by atoms with Gasteiger partial charge in [0.2, 0.25) is 5.91 Å². The predicted octanol–water partition coefficient (Wildman–Crippen LogP) is 1.24. The molecule has 0 fully saturated rings. The maximum Gasteiger partial charge on any atom is 0.226 e. The van der Waals surface area contributed by atoms with Crippen molar-refractivity contribution in [3.05, 3.63) is 24.8 Å². The van der Waals surface area contributed by atoms with Gasteiger partial charge < -0.3 is 5.73 Å². The average molecular weight is 139 g/mol. The van der Waals surface area contributed by atoms with Crippen molar-refractivity contribution in [1.29, 1.82) is 0 Å². The molecule has 0 aliphatic heterocycles. The van der Waals surface area contributed by atoms with E-state index in [0.29, 0.717) is 0 Å². The van der Waals surface area contributed by atoms with Crippen molar-refractivity contribution < 1.29 is 4.79 Å². The highest BCUT2D eigenvalue weighted by molar-refractivity contribution is 5.81. The standard InChI is InChI=1S/C8H13NO/c1-4-5-6-8(2,3)7(9)10/h4-6H,1H2,2-3H3,(H2,9,10)/b6-5+. The molecular weight excluding hydrogens is 126 g/mol. The lowest BCUT2D eigenvalue weighted by Crippen LogP contribution is -2.29. The molecule has 1 amide bonds. The summed E-state index contributed by atoms with van der Waals surface area (Å²) in [6.45, 7) is 7.00. The number of allylic oxidation sites excluding steroid dienone is 2. The first-order valence-electron chi connectivity index (χ1n) is 3.11. The Labute approximate surface area is 61.4 Å². The molecule has 0 aromatic carbocycles. The number of carbonyl (C=O) groups excluding carboxylic acids is 1. The molecule has 56 valence electrons. The summed E-state index contributed by atoms with van der Waals surface area (Å²) in [5.74, 6) is -0.328. The lowest BCUT2D eigenvalue weighted by atomic mass is 9.92. The van der Waals surface area contributed by atoms with Crippen LogP contribution in [0.4, 0.5) is 0 Å². The summed E-state index contributed by atoms with van der Waals surface area (Å²) in [4.78, 5) is 10.7. The minimum Gasteiger partial charge on any atom is -0.369 e. The molecular formula is C8H13NO.